The van der Waals surface area contributed by atoms with Gasteiger partial charge < -0.3 is 10.1 Å². The van der Waals surface area contributed by atoms with Crippen molar-refractivity contribution >= 4 is 5.97 Å². The average molecular weight is 200 g/mol. The first-order valence-electron chi connectivity index (χ1n) is 5.04. The molecule has 1 heterocycles. The molecule has 0 amide bonds. The van der Waals surface area contributed by atoms with E-state index >= 15 is 0 Å². The summed E-state index contributed by atoms with van der Waals surface area (Å²) in [5, 5.41) is 3.19. The molecule has 1 atom stereocenters. The number of hydrogen-bond donors (Lipinski definition) is 1. The molecule has 1 rings (SSSR count). The van der Waals surface area contributed by atoms with Crippen molar-refractivity contribution in [3.05, 3.63) is 0 Å². The van der Waals surface area contributed by atoms with Crippen molar-refractivity contribution in [3.63, 3.8) is 0 Å². The smallest absolute Gasteiger partial charge is 0.325 e. The van der Waals surface area contributed by atoms with Gasteiger partial charge in [-0.15, -0.1) is 0 Å². The fraction of sp³-hybridized carbons (Fsp3) is 0.900. The van der Waals surface area contributed by atoms with E-state index in [4.69, 9.17) is 4.74 Å². The Morgan fingerprint density at radius 2 is 2.14 bits per heavy atom. The van der Waals surface area contributed by atoms with Crippen molar-refractivity contribution in [2.45, 2.75) is 32.4 Å². The van der Waals surface area contributed by atoms with E-state index in [0.717, 1.165) is 13.1 Å². The van der Waals surface area contributed by atoms with Gasteiger partial charge >= 0.3 is 5.97 Å². The summed E-state index contributed by atoms with van der Waals surface area (Å²) in [6.07, 6.45) is 0. The van der Waals surface area contributed by atoms with E-state index in [1.54, 1.807) is 0 Å². The van der Waals surface area contributed by atoms with Crippen molar-refractivity contribution in [1.29, 1.82) is 0 Å². The first-order chi connectivity index (χ1) is 6.40. The van der Waals surface area contributed by atoms with Gasteiger partial charge in [0.25, 0.3) is 0 Å². The number of ether oxygens (including phenoxy) is 1. The molecule has 0 aromatic heterocycles. The molecule has 1 fully saturated rings. The lowest BCUT2D eigenvalue weighted by Gasteiger charge is -2.33. The van der Waals surface area contributed by atoms with Gasteiger partial charge in [-0.1, -0.05) is 0 Å². The molecule has 1 aliphatic heterocycles. The number of esters is 1. The van der Waals surface area contributed by atoms with Crippen LogP contribution in [0.2, 0.25) is 0 Å². The quantitative estimate of drug-likeness (QED) is 0.615. The Morgan fingerprint density at radius 1 is 1.50 bits per heavy atom. The fourth-order valence-corrected chi connectivity index (χ4v) is 1.44. The van der Waals surface area contributed by atoms with E-state index in [2.05, 4.69) is 5.32 Å². The van der Waals surface area contributed by atoms with E-state index < -0.39 is 5.60 Å². The van der Waals surface area contributed by atoms with Crippen LogP contribution >= 0.6 is 0 Å². The van der Waals surface area contributed by atoms with E-state index in [-0.39, 0.29) is 12.0 Å². The van der Waals surface area contributed by atoms with Crippen molar-refractivity contribution < 1.29 is 9.53 Å². The van der Waals surface area contributed by atoms with E-state index in [1.807, 2.05) is 32.7 Å². The molecular weight excluding hydrogens is 180 g/mol. The Morgan fingerprint density at radius 3 is 2.64 bits per heavy atom. The minimum Gasteiger partial charge on any atom is -0.459 e. The zero-order chi connectivity index (χ0) is 10.8. The van der Waals surface area contributed by atoms with Crippen LogP contribution in [0.3, 0.4) is 0 Å². The molecule has 0 spiro atoms. The second-order valence-corrected chi connectivity index (χ2v) is 4.73. The summed E-state index contributed by atoms with van der Waals surface area (Å²) >= 11 is 0. The fourth-order valence-electron chi connectivity index (χ4n) is 1.44. The predicted octanol–water partition coefficient (Wildman–Crippen LogP) is 0.232. The molecule has 14 heavy (non-hydrogen) atoms. The molecule has 0 aliphatic carbocycles. The second-order valence-electron chi connectivity index (χ2n) is 4.73. The summed E-state index contributed by atoms with van der Waals surface area (Å²) in [6.45, 7) is 8.19. The van der Waals surface area contributed by atoms with Gasteiger partial charge in [0.05, 0.1) is 0 Å². The molecule has 0 aromatic rings. The van der Waals surface area contributed by atoms with Gasteiger partial charge in [0.2, 0.25) is 0 Å². The first kappa shape index (κ1) is 11.5. The lowest BCUT2D eigenvalue weighted by molar-refractivity contribution is -0.161. The van der Waals surface area contributed by atoms with E-state index in [1.165, 1.54) is 0 Å². The van der Waals surface area contributed by atoms with Gasteiger partial charge in [0.15, 0.2) is 0 Å². The summed E-state index contributed by atoms with van der Waals surface area (Å²) in [4.78, 5) is 13.8. The molecule has 4 heteroatoms. The van der Waals surface area contributed by atoms with E-state index in [0.29, 0.717) is 6.54 Å². The number of carbonyl (C=O) groups excluding carboxylic acids is 1. The standard InChI is InChI=1S/C10H20N2O2/c1-10(2,3)14-9(13)8-7-11-5-6-12(8)4/h8,11H,5-7H2,1-4H3. The van der Waals surface area contributed by atoms with Gasteiger partial charge in [0, 0.05) is 19.6 Å². The zero-order valence-corrected chi connectivity index (χ0v) is 9.46. The third-order valence-electron chi connectivity index (χ3n) is 2.19. The highest BCUT2D eigenvalue weighted by molar-refractivity contribution is 5.76. The Kier molecular flexibility index (Phi) is 3.50. The number of piperazine rings is 1. The van der Waals surface area contributed by atoms with Crippen molar-refractivity contribution in [2.75, 3.05) is 26.7 Å². The van der Waals surface area contributed by atoms with Gasteiger partial charge in [-0.3, -0.25) is 9.69 Å². The largest absolute Gasteiger partial charge is 0.459 e. The van der Waals surface area contributed by atoms with Crippen LogP contribution in [0.15, 0.2) is 0 Å². The molecule has 1 aliphatic rings. The second kappa shape index (κ2) is 4.28. The Hall–Kier alpha value is -0.610. The SMILES string of the molecule is CN1CCNCC1C(=O)OC(C)(C)C. The van der Waals surface area contributed by atoms with Gasteiger partial charge in [-0.05, 0) is 27.8 Å². The van der Waals surface area contributed by atoms with Crippen LogP contribution in [-0.4, -0.2) is 49.2 Å². The molecule has 0 bridgehead atoms. The van der Waals surface area contributed by atoms with Gasteiger partial charge in [-0.2, -0.15) is 0 Å². The van der Waals surface area contributed by atoms with E-state index in [9.17, 15) is 4.79 Å². The topological polar surface area (TPSA) is 41.6 Å². The zero-order valence-electron chi connectivity index (χ0n) is 9.46. The molecule has 1 unspecified atom stereocenters. The number of rotatable bonds is 1. The number of nitrogens with zero attached hydrogens (tertiary/aromatic N) is 1. The maximum Gasteiger partial charge on any atom is 0.325 e. The average Bonchev–Trinajstić information content (AvgIpc) is 2.01. The minimum absolute atomic E-state index is 0.132. The summed E-state index contributed by atoms with van der Waals surface area (Å²) in [5.41, 5.74) is -0.393. The molecule has 4 nitrogen and oxygen atoms in total. The lowest BCUT2D eigenvalue weighted by Crippen LogP contribution is -2.54. The highest BCUT2D eigenvalue weighted by atomic mass is 16.6. The number of carbonyl (C=O) groups is 1. The molecule has 1 saturated heterocycles. The van der Waals surface area contributed by atoms with Crippen LogP contribution in [0.4, 0.5) is 0 Å². The summed E-state index contributed by atoms with van der Waals surface area (Å²) in [6, 6.07) is -0.136. The minimum atomic E-state index is -0.393. The van der Waals surface area contributed by atoms with Crippen molar-refractivity contribution in [3.8, 4) is 0 Å². The van der Waals surface area contributed by atoms with Crippen molar-refractivity contribution in [1.82, 2.24) is 10.2 Å². The van der Waals surface area contributed by atoms with Crippen LogP contribution in [-0.2, 0) is 9.53 Å². The summed E-state index contributed by atoms with van der Waals surface area (Å²) in [7, 11) is 1.95. The summed E-state index contributed by atoms with van der Waals surface area (Å²) in [5.74, 6) is -0.132. The number of nitrogens with one attached hydrogen (secondary N) is 1. The van der Waals surface area contributed by atoms with Crippen molar-refractivity contribution in [2.24, 2.45) is 0 Å². The Labute approximate surface area is 85.6 Å². The highest BCUT2D eigenvalue weighted by Crippen LogP contribution is 2.11. The number of hydrogen-bond acceptors (Lipinski definition) is 4. The van der Waals surface area contributed by atoms with Gasteiger partial charge in [0.1, 0.15) is 11.6 Å². The third-order valence-corrected chi connectivity index (χ3v) is 2.19. The molecule has 0 saturated carbocycles. The molecular formula is C10H20N2O2. The Balaban J connectivity index is 2.50. The summed E-state index contributed by atoms with van der Waals surface area (Å²) < 4.78 is 5.33. The molecule has 0 aromatic carbocycles. The van der Waals surface area contributed by atoms with Crippen LogP contribution in [0.25, 0.3) is 0 Å². The number of likely N-dealkylation sites (N-methyl/N-ethyl adjacent to an activating group) is 1. The monoisotopic (exact) mass is 200 g/mol. The molecule has 0 radical (unpaired) electrons. The maximum atomic E-state index is 11.7. The molecule has 1 N–H and O–H groups in total. The predicted molar refractivity (Wildman–Crippen MR) is 55.1 cm³/mol. The van der Waals surface area contributed by atoms with Crippen LogP contribution in [0, 0.1) is 0 Å². The molecule has 82 valence electrons. The van der Waals surface area contributed by atoms with Crippen LogP contribution in [0.1, 0.15) is 20.8 Å². The lowest BCUT2D eigenvalue weighted by atomic mass is 10.1. The maximum absolute atomic E-state index is 11.7. The third kappa shape index (κ3) is 3.27. The van der Waals surface area contributed by atoms with Gasteiger partial charge in [-0.25, -0.2) is 0 Å². The van der Waals surface area contributed by atoms with Crippen LogP contribution in [0.5, 0.6) is 0 Å². The normalized spacial score (nSPS) is 24.7. The highest BCUT2D eigenvalue weighted by Gasteiger charge is 2.29. The first-order valence-corrected chi connectivity index (χ1v) is 5.04. The van der Waals surface area contributed by atoms with Crippen LogP contribution < -0.4 is 5.32 Å². The Bertz CT molecular complexity index is 211.